The van der Waals surface area contributed by atoms with E-state index in [1.54, 1.807) is 0 Å². The van der Waals surface area contributed by atoms with Crippen molar-refractivity contribution in [3.8, 4) is 16.9 Å². The fourth-order valence-electron chi connectivity index (χ4n) is 2.10. The molecule has 4 heteroatoms. The van der Waals surface area contributed by atoms with Crippen molar-refractivity contribution in [2.75, 3.05) is 0 Å². The summed E-state index contributed by atoms with van der Waals surface area (Å²) in [6, 6.07) is 17.6. The SMILES string of the molecule is ClCc1cn(-c2ccccc2)nc1-c1ccccc1Cl. The molecule has 0 aliphatic carbocycles. The van der Waals surface area contributed by atoms with Crippen molar-refractivity contribution in [1.82, 2.24) is 9.78 Å². The topological polar surface area (TPSA) is 17.8 Å². The van der Waals surface area contributed by atoms with Crippen LogP contribution in [0.1, 0.15) is 5.56 Å². The van der Waals surface area contributed by atoms with Gasteiger partial charge in [0.15, 0.2) is 0 Å². The van der Waals surface area contributed by atoms with Crippen molar-refractivity contribution >= 4 is 23.2 Å². The molecule has 0 amide bonds. The average molecular weight is 303 g/mol. The Kier molecular flexibility index (Phi) is 3.77. The Balaban J connectivity index is 2.13. The summed E-state index contributed by atoms with van der Waals surface area (Å²) in [7, 11) is 0. The first-order valence-corrected chi connectivity index (χ1v) is 7.15. The van der Waals surface area contributed by atoms with Gasteiger partial charge in [-0.25, -0.2) is 4.68 Å². The number of aromatic nitrogens is 2. The highest BCUT2D eigenvalue weighted by Gasteiger charge is 2.13. The minimum absolute atomic E-state index is 0.396. The van der Waals surface area contributed by atoms with Gasteiger partial charge in [-0.3, -0.25) is 0 Å². The first kappa shape index (κ1) is 13.2. The highest BCUT2D eigenvalue weighted by molar-refractivity contribution is 6.33. The third-order valence-corrected chi connectivity index (χ3v) is 3.70. The Morgan fingerprint density at radius 1 is 0.950 bits per heavy atom. The maximum atomic E-state index is 6.25. The molecule has 0 spiro atoms. The van der Waals surface area contributed by atoms with Gasteiger partial charge in [0.2, 0.25) is 0 Å². The summed E-state index contributed by atoms with van der Waals surface area (Å²) >= 11 is 12.3. The number of hydrogen-bond acceptors (Lipinski definition) is 1. The van der Waals surface area contributed by atoms with Crippen molar-refractivity contribution in [2.24, 2.45) is 0 Å². The summed E-state index contributed by atoms with van der Waals surface area (Å²) in [5.41, 5.74) is 3.69. The van der Waals surface area contributed by atoms with Crippen molar-refractivity contribution in [3.05, 3.63) is 71.4 Å². The fraction of sp³-hybridized carbons (Fsp3) is 0.0625. The molecule has 0 fully saturated rings. The van der Waals surface area contributed by atoms with E-state index in [4.69, 9.17) is 23.2 Å². The van der Waals surface area contributed by atoms with Crippen LogP contribution >= 0.6 is 23.2 Å². The molecule has 1 heterocycles. The van der Waals surface area contributed by atoms with E-state index in [-0.39, 0.29) is 0 Å². The number of nitrogens with zero attached hydrogens (tertiary/aromatic N) is 2. The fourth-order valence-corrected chi connectivity index (χ4v) is 2.52. The molecule has 0 atom stereocenters. The number of benzene rings is 2. The molecule has 0 bridgehead atoms. The molecule has 0 saturated heterocycles. The Bertz CT molecular complexity index is 720. The minimum atomic E-state index is 0.396. The van der Waals surface area contributed by atoms with Crippen molar-refractivity contribution < 1.29 is 0 Å². The zero-order chi connectivity index (χ0) is 13.9. The monoisotopic (exact) mass is 302 g/mol. The largest absolute Gasteiger partial charge is 0.240 e. The van der Waals surface area contributed by atoms with Crippen LogP contribution in [-0.4, -0.2) is 9.78 Å². The Morgan fingerprint density at radius 2 is 1.65 bits per heavy atom. The van der Waals surface area contributed by atoms with Gasteiger partial charge in [-0.2, -0.15) is 5.10 Å². The van der Waals surface area contributed by atoms with E-state index in [1.165, 1.54) is 0 Å². The molecule has 2 nitrogen and oxygen atoms in total. The standard InChI is InChI=1S/C16H12Cl2N2/c17-10-12-11-20(13-6-2-1-3-7-13)19-16(12)14-8-4-5-9-15(14)18/h1-9,11H,10H2. The van der Waals surface area contributed by atoms with Crippen LogP contribution in [0, 0.1) is 0 Å². The van der Waals surface area contributed by atoms with Crippen LogP contribution in [0.2, 0.25) is 5.02 Å². The molecular formula is C16H12Cl2N2. The number of alkyl halides is 1. The van der Waals surface area contributed by atoms with Crippen LogP contribution in [0.25, 0.3) is 16.9 Å². The van der Waals surface area contributed by atoms with Crippen LogP contribution in [0.4, 0.5) is 0 Å². The number of halogens is 2. The van der Waals surface area contributed by atoms with E-state index >= 15 is 0 Å². The zero-order valence-electron chi connectivity index (χ0n) is 10.6. The van der Waals surface area contributed by atoms with Crippen LogP contribution < -0.4 is 0 Å². The normalized spacial score (nSPS) is 10.7. The van der Waals surface area contributed by atoms with Crippen LogP contribution in [0.5, 0.6) is 0 Å². The number of rotatable bonds is 3. The smallest absolute Gasteiger partial charge is 0.0986 e. The van der Waals surface area contributed by atoms with Gasteiger partial charge < -0.3 is 0 Å². The van der Waals surface area contributed by atoms with Gasteiger partial charge in [0.25, 0.3) is 0 Å². The van der Waals surface area contributed by atoms with Crippen molar-refractivity contribution in [1.29, 1.82) is 0 Å². The van der Waals surface area contributed by atoms with Crippen LogP contribution in [-0.2, 0) is 5.88 Å². The van der Waals surface area contributed by atoms with Gasteiger partial charge >= 0.3 is 0 Å². The first-order chi connectivity index (χ1) is 9.79. The molecule has 3 rings (SSSR count). The van der Waals surface area contributed by atoms with E-state index in [1.807, 2.05) is 65.5 Å². The van der Waals surface area contributed by atoms with E-state index in [0.717, 1.165) is 22.5 Å². The van der Waals surface area contributed by atoms with Gasteiger partial charge in [0.05, 0.1) is 22.3 Å². The first-order valence-electron chi connectivity index (χ1n) is 6.24. The van der Waals surface area contributed by atoms with Gasteiger partial charge in [0, 0.05) is 17.3 Å². The second-order valence-corrected chi connectivity index (χ2v) is 5.07. The lowest BCUT2D eigenvalue weighted by atomic mass is 10.1. The van der Waals surface area contributed by atoms with E-state index in [9.17, 15) is 0 Å². The summed E-state index contributed by atoms with van der Waals surface area (Å²) in [4.78, 5) is 0. The summed E-state index contributed by atoms with van der Waals surface area (Å²) in [6.45, 7) is 0. The minimum Gasteiger partial charge on any atom is -0.240 e. The molecule has 0 unspecified atom stereocenters. The lowest BCUT2D eigenvalue weighted by molar-refractivity contribution is 0.884. The van der Waals surface area contributed by atoms with Gasteiger partial charge in [-0.1, -0.05) is 48.0 Å². The number of para-hydroxylation sites is 1. The van der Waals surface area contributed by atoms with Crippen LogP contribution in [0.15, 0.2) is 60.8 Å². The third-order valence-electron chi connectivity index (χ3n) is 3.08. The highest BCUT2D eigenvalue weighted by atomic mass is 35.5. The Morgan fingerprint density at radius 3 is 2.35 bits per heavy atom. The molecule has 0 N–H and O–H groups in total. The number of hydrogen-bond donors (Lipinski definition) is 0. The summed E-state index contributed by atoms with van der Waals surface area (Å²) < 4.78 is 1.83. The average Bonchev–Trinajstić information content (AvgIpc) is 2.93. The van der Waals surface area contributed by atoms with Crippen molar-refractivity contribution in [3.63, 3.8) is 0 Å². The summed E-state index contributed by atoms with van der Waals surface area (Å²) in [6.07, 6.45) is 1.95. The second kappa shape index (κ2) is 5.70. The third kappa shape index (κ3) is 2.45. The summed E-state index contributed by atoms with van der Waals surface area (Å²) in [5, 5.41) is 5.31. The maximum Gasteiger partial charge on any atom is 0.0986 e. The summed E-state index contributed by atoms with van der Waals surface area (Å²) in [5.74, 6) is 0.396. The lowest BCUT2D eigenvalue weighted by Gasteiger charge is -2.02. The van der Waals surface area contributed by atoms with Gasteiger partial charge in [-0.15, -0.1) is 11.6 Å². The molecule has 0 saturated carbocycles. The molecular weight excluding hydrogens is 291 g/mol. The van der Waals surface area contributed by atoms with Gasteiger partial charge in [0.1, 0.15) is 0 Å². The van der Waals surface area contributed by atoms with E-state index < -0.39 is 0 Å². The van der Waals surface area contributed by atoms with Crippen molar-refractivity contribution in [2.45, 2.75) is 5.88 Å². The zero-order valence-corrected chi connectivity index (χ0v) is 12.1. The molecule has 3 aromatic rings. The Hall–Kier alpha value is -1.77. The molecule has 1 aromatic heterocycles. The Labute approximate surface area is 127 Å². The second-order valence-electron chi connectivity index (χ2n) is 4.40. The molecule has 0 aliphatic rings. The quantitative estimate of drug-likeness (QED) is 0.627. The van der Waals surface area contributed by atoms with Gasteiger partial charge in [-0.05, 0) is 18.2 Å². The predicted molar refractivity (Wildman–Crippen MR) is 83.6 cm³/mol. The molecule has 100 valence electrons. The molecule has 0 aliphatic heterocycles. The molecule has 2 aromatic carbocycles. The lowest BCUT2D eigenvalue weighted by Crippen LogP contribution is -1.94. The van der Waals surface area contributed by atoms with E-state index in [0.29, 0.717) is 10.9 Å². The molecule has 0 radical (unpaired) electrons. The van der Waals surface area contributed by atoms with Crippen LogP contribution in [0.3, 0.4) is 0 Å². The molecule has 20 heavy (non-hydrogen) atoms. The van der Waals surface area contributed by atoms with E-state index in [2.05, 4.69) is 5.10 Å². The predicted octanol–water partition coefficient (Wildman–Crippen LogP) is 4.93. The maximum absolute atomic E-state index is 6.25. The highest BCUT2D eigenvalue weighted by Crippen LogP contribution is 2.30.